The normalized spacial score (nSPS) is 17.1. The van der Waals surface area contributed by atoms with Gasteiger partial charge < -0.3 is 10.6 Å². The number of carbonyl (C=O) groups excluding carboxylic acids is 1. The van der Waals surface area contributed by atoms with Crippen LogP contribution in [0, 0.1) is 29.3 Å². The lowest BCUT2D eigenvalue weighted by atomic mass is 9.88. The zero-order valence-corrected chi connectivity index (χ0v) is 9.77. The molecule has 0 aromatic heterocycles. The standard InChI is InChI=1S/C12H13F3N2O/c1-6(7-4-16-5-7)12(18)17-9-3-2-8(13)10(14)11(9)15/h2-3,6-7,16H,4-5H2,1H3,(H,17,18). The van der Waals surface area contributed by atoms with Gasteiger partial charge in [-0.25, -0.2) is 13.2 Å². The van der Waals surface area contributed by atoms with Gasteiger partial charge in [0.25, 0.3) is 0 Å². The Kier molecular flexibility index (Phi) is 3.56. The fourth-order valence-electron chi connectivity index (χ4n) is 1.75. The lowest BCUT2D eigenvalue weighted by Crippen LogP contribution is -2.48. The fourth-order valence-corrected chi connectivity index (χ4v) is 1.75. The molecule has 6 heteroatoms. The molecule has 1 aliphatic heterocycles. The predicted molar refractivity (Wildman–Crippen MR) is 60.5 cm³/mol. The van der Waals surface area contributed by atoms with Crippen molar-refractivity contribution in [3.8, 4) is 0 Å². The van der Waals surface area contributed by atoms with Crippen LogP contribution < -0.4 is 10.6 Å². The van der Waals surface area contributed by atoms with Gasteiger partial charge >= 0.3 is 0 Å². The SMILES string of the molecule is CC(C(=O)Nc1ccc(F)c(F)c1F)C1CNC1. The highest BCUT2D eigenvalue weighted by molar-refractivity contribution is 5.92. The topological polar surface area (TPSA) is 41.1 Å². The van der Waals surface area contributed by atoms with E-state index in [1.54, 1.807) is 6.92 Å². The highest BCUT2D eigenvalue weighted by Gasteiger charge is 2.29. The van der Waals surface area contributed by atoms with Gasteiger partial charge in [0.2, 0.25) is 5.91 Å². The Balaban J connectivity index is 2.09. The van der Waals surface area contributed by atoms with Gasteiger partial charge in [-0.15, -0.1) is 0 Å². The van der Waals surface area contributed by atoms with Gasteiger partial charge in [-0.3, -0.25) is 4.79 Å². The Hall–Kier alpha value is -1.56. The molecule has 1 atom stereocenters. The molecule has 1 heterocycles. The van der Waals surface area contributed by atoms with Crippen LogP contribution in [0.1, 0.15) is 6.92 Å². The molecule has 1 unspecified atom stereocenters. The third-order valence-corrected chi connectivity index (χ3v) is 3.23. The minimum Gasteiger partial charge on any atom is -0.323 e. The van der Waals surface area contributed by atoms with E-state index in [2.05, 4.69) is 10.6 Å². The van der Waals surface area contributed by atoms with Crippen LogP contribution in [-0.2, 0) is 4.79 Å². The molecular weight excluding hydrogens is 245 g/mol. The summed E-state index contributed by atoms with van der Waals surface area (Å²) in [6, 6.07) is 1.79. The van der Waals surface area contributed by atoms with E-state index in [0.29, 0.717) is 0 Å². The zero-order chi connectivity index (χ0) is 13.3. The molecule has 1 aliphatic rings. The molecule has 18 heavy (non-hydrogen) atoms. The van der Waals surface area contributed by atoms with Crippen LogP contribution in [0.4, 0.5) is 18.9 Å². The molecule has 1 aromatic rings. The average molecular weight is 258 g/mol. The Labute approximate surface area is 102 Å². The third-order valence-electron chi connectivity index (χ3n) is 3.23. The van der Waals surface area contributed by atoms with Crippen molar-refractivity contribution in [1.82, 2.24) is 5.32 Å². The lowest BCUT2D eigenvalue weighted by Gasteiger charge is -2.31. The van der Waals surface area contributed by atoms with Crippen LogP contribution in [0.2, 0.25) is 0 Å². The smallest absolute Gasteiger partial charge is 0.227 e. The second-order valence-corrected chi connectivity index (χ2v) is 4.42. The summed E-state index contributed by atoms with van der Waals surface area (Å²) < 4.78 is 39.0. The minimum atomic E-state index is -1.58. The second kappa shape index (κ2) is 4.97. The van der Waals surface area contributed by atoms with E-state index >= 15 is 0 Å². The zero-order valence-electron chi connectivity index (χ0n) is 9.77. The summed E-state index contributed by atoms with van der Waals surface area (Å²) in [6.07, 6.45) is 0. The van der Waals surface area contributed by atoms with Crippen molar-refractivity contribution in [2.45, 2.75) is 6.92 Å². The molecule has 0 bridgehead atoms. The first-order valence-corrected chi connectivity index (χ1v) is 5.65. The van der Waals surface area contributed by atoms with Gasteiger partial charge in [-0.2, -0.15) is 0 Å². The molecular formula is C12H13F3N2O. The summed E-state index contributed by atoms with van der Waals surface area (Å²) in [4.78, 5) is 11.8. The van der Waals surface area contributed by atoms with Gasteiger partial charge in [0.15, 0.2) is 17.5 Å². The summed E-state index contributed by atoms with van der Waals surface area (Å²) in [5.74, 6) is -4.74. The summed E-state index contributed by atoms with van der Waals surface area (Å²) in [5, 5.41) is 5.30. The predicted octanol–water partition coefficient (Wildman–Crippen LogP) is 1.90. The Morgan fingerprint density at radius 3 is 2.56 bits per heavy atom. The molecule has 2 N–H and O–H groups in total. The van der Waals surface area contributed by atoms with Crippen molar-refractivity contribution in [3.63, 3.8) is 0 Å². The monoisotopic (exact) mass is 258 g/mol. The van der Waals surface area contributed by atoms with Crippen LogP contribution in [0.25, 0.3) is 0 Å². The number of nitrogens with one attached hydrogen (secondary N) is 2. The van der Waals surface area contributed by atoms with E-state index in [4.69, 9.17) is 0 Å². The second-order valence-electron chi connectivity index (χ2n) is 4.42. The number of anilines is 1. The molecule has 0 radical (unpaired) electrons. The van der Waals surface area contributed by atoms with Gasteiger partial charge in [0, 0.05) is 5.92 Å². The van der Waals surface area contributed by atoms with E-state index in [-0.39, 0.29) is 17.5 Å². The average Bonchev–Trinajstić information content (AvgIpc) is 2.27. The Bertz CT molecular complexity index is 475. The van der Waals surface area contributed by atoms with Crippen LogP contribution in [0.3, 0.4) is 0 Å². The summed E-state index contributed by atoms with van der Waals surface area (Å²) in [7, 11) is 0. The van der Waals surface area contributed by atoms with E-state index in [1.165, 1.54) is 0 Å². The van der Waals surface area contributed by atoms with Crippen molar-refractivity contribution >= 4 is 11.6 Å². The molecule has 1 amide bonds. The highest BCUT2D eigenvalue weighted by Crippen LogP contribution is 2.22. The van der Waals surface area contributed by atoms with Crippen molar-refractivity contribution in [2.75, 3.05) is 18.4 Å². The van der Waals surface area contributed by atoms with Gasteiger partial charge in [-0.1, -0.05) is 6.92 Å². The first-order chi connectivity index (χ1) is 8.50. The van der Waals surface area contributed by atoms with Gasteiger partial charge in [-0.05, 0) is 31.1 Å². The number of hydrogen-bond acceptors (Lipinski definition) is 2. The molecule has 2 rings (SSSR count). The van der Waals surface area contributed by atoms with Crippen molar-refractivity contribution in [3.05, 3.63) is 29.6 Å². The minimum absolute atomic E-state index is 0.193. The summed E-state index contributed by atoms with van der Waals surface area (Å²) in [6.45, 7) is 3.18. The maximum absolute atomic E-state index is 13.3. The largest absolute Gasteiger partial charge is 0.323 e. The quantitative estimate of drug-likeness (QED) is 0.813. The van der Waals surface area contributed by atoms with E-state index < -0.39 is 23.4 Å². The molecule has 3 nitrogen and oxygen atoms in total. The number of amides is 1. The van der Waals surface area contributed by atoms with Crippen LogP contribution in [-0.4, -0.2) is 19.0 Å². The molecule has 1 saturated heterocycles. The lowest BCUT2D eigenvalue weighted by molar-refractivity contribution is -0.121. The molecule has 1 aromatic carbocycles. The maximum atomic E-state index is 13.3. The summed E-state index contributed by atoms with van der Waals surface area (Å²) in [5.41, 5.74) is -0.335. The van der Waals surface area contributed by atoms with Crippen molar-refractivity contribution in [1.29, 1.82) is 0 Å². The number of rotatable bonds is 3. The van der Waals surface area contributed by atoms with Crippen LogP contribution >= 0.6 is 0 Å². The maximum Gasteiger partial charge on any atom is 0.227 e. The van der Waals surface area contributed by atoms with Crippen LogP contribution in [0.5, 0.6) is 0 Å². The number of carbonyl (C=O) groups is 1. The molecule has 98 valence electrons. The highest BCUT2D eigenvalue weighted by atomic mass is 19.2. The fraction of sp³-hybridized carbons (Fsp3) is 0.417. The van der Waals surface area contributed by atoms with Crippen molar-refractivity contribution in [2.24, 2.45) is 11.8 Å². The van der Waals surface area contributed by atoms with Gasteiger partial charge in [0.1, 0.15) is 0 Å². The molecule has 1 fully saturated rings. The van der Waals surface area contributed by atoms with E-state index in [1.807, 2.05) is 0 Å². The first kappa shape index (κ1) is 12.9. The Morgan fingerprint density at radius 2 is 2.00 bits per heavy atom. The number of benzene rings is 1. The molecule has 0 spiro atoms. The van der Waals surface area contributed by atoms with Crippen molar-refractivity contribution < 1.29 is 18.0 Å². The molecule has 0 aliphatic carbocycles. The van der Waals surface area contributed by atoms with Gasteiger partial charge in [0.05, 0.1) is 5.69 Å². The summed E-state index contributed by atoms with van der Waals surface area (Å²) >= 11 is 0. The van der Waals surface area contributed by atoms with E-state index in [9.17, 15) is 18.0 Å². The third kappa shape index (κ3) is 2.33. The first-order valence-electron chi connectivity index (χ1n) is 5.65. The Morgan fingerprint density at radius 1 is 1.33 bits per heavy atom. The number of halogens is 3. The van der Waals surface area contributed by atoms with Crippen LogP contribution in [0.15, 0.2) is 12.1 Å². The van der Waals surface area contributed by atoms with E-state index in [0.717, 1.165) is 25.2 Å². The molecule has 0 saturated carbocycles. The number of hydrogen-bond donors (Lipinski definition) is 2.